The first-order valence-electron chi connectivity index (χ1n) is 12.8. The maximum atomic E-state index is 13.3. The zero-order valence-corrected chi connectivity index (χ0v) is 20.6. The van der Waals surface area contributed by atoms with Crippen LogP contribution in [0, 0.1) is 34.8 Å². The van der Waals surface area contributed by atoms with Crippen molar-refractivity contribution in [3.63, 3.8) is 0 Å². The van der Waals surface area contributed by atoms with Crippen molar-refractivity contribution in [2.75, 3.05) is 10.6 Å². The van der Waals surface area contributed by atoms with Gasteiger partial charge in [0.25, 0.3) is 11.6 Å². The molecule has 1 amide bonds. The van der Waals surface area contributed by atoms with Gasteiger partial charge in [0.2, 0.25) is 5.43 Å². The normalized spacial score (nSPS) is 25.6. The maximum Gasteiger partial charge on any atom is 0.294 e. The highest BCUT2D eigenvalue weighted by Crippen LogP contribution is 2.56. The minimum Gasteiger partial charge on any atom is -0.378 e. The lowest BCUT2D eigenvalue weighted by Gasteiger charge is -2.57. The number of aryl methyl sites for hydroxylation is 1. The molecule has 2 aromatic carbocycles. The van der Waals surface area contributed by atoms with Crippen LogP contribution in [0.25, 0.3) is 5.69 Å². The van der Waals surface area contributed by atoms with Gasteiger partial charge in [-0.15, -0.1) is 0 Å². The lowest BCUT2D eigenvalue weighted by molar-refractivity contribution is -0.384. The number of aromatic nitrogens is 2. The van der Waals surface area contributed by atoms with Crippen LogP contribution in [-0.4, -0.2) is 26.1 Å². The van der Waals surface area contributed by atoms with E-state index in [9.17, 15) is 19.7 Å². The van der Waals surface area contributed by atoms with Crippen LogP contribution in [0.4, 0.5) is 17.1 Å². The van der Waals surface area contributed by atoms with Gasteiger partial charge in [-0.05, 0) is 81.4 Å². The Morgan fingerprint density at radius 3 is 2.24 bits per heavy atom. The molecule has 4 bridgehead atoms. The Kier molecular flexibility index (Phi) is 5.58. The van der Waals surface area contributed by atoms with Gasteiger partial charge in [-0.25, -0.2) is 4.68 Å². The summed E-state index contributed by atoms with van der Waals surface area (Å²) in [5.41, 5.74) is 1.01. The number of nitro groups is 1. The summed E-state index contributed by atoms with van der Waals surface area (Å²) in [6, 6.07) is 14.9. The molecule has 0 aliphatic heterocycles. The van der Waals surface area contributed by atoms with Crippen LogP contribution in [0.1, 0.15) is 54.7 Å². The van der Waals surface area contributed by atoms with E-state index in [-0.39, 0.29) is 22.6 Å². The van der Waals surface area contributed by atoms with Gasteiger partial charge in [0.15, 0.2) is 5.69 Å². The number of carbonyl (C=O) groups is 1. The van der Waals surface area contributed by atoms with E-state index in [0.717, 1.165) is 42.7 Å². The van der Waals surface area contributed by atoms with E-state index in [2.05, 4.69) is 15.7 Å². The first-order chi connectivity index (χ1) is 17.8. The van der Waals surface area contributed by atoms with Crippen LogP contribution < -0.4 is 16.1 Å². The number of hydrogen-bond donors (Lipinski definition) is 2. The van der Waals surface area contributed by atoms with E-state index in [1.807, 2.05) is 24.3 Å². The van der Waals surface area contributed by atoms with Gasteiger partial charge < -0.3 is 10.6 Å². The second kappa shape index (κ2) is 8.83. The molecule has 0 radical (unpaired) electrons. The molecule has 0 saturated heterocycles. The van der Waals surface area contributed by atoms with Crippen LogP contribution in [-0.2, 0) is 0 Å². The molecule has 9 nitrogen and oxygen atoms in total. The molecule has 7 rings (SSSR count). The summed E-state index contributed by atoms with van der Waals surface area (Å²) in [5.74, 6) is 1.67. The standard InChI is InChI=1S/C28H29N5O4/c1-17-10-25(34)26(31-32(17)23-8-4-5-9-24(23)33(36)37)27(35)29-21-6-2-3-7-22(21)30-28-14-18-11-19(15-28)13-20(12-18)16-28/h2-10,18-20,30H,11-16H2,1H3,(H,29,35). The number of hydrogen-bond acceptors (Lipinski definition) is 6. The van der Waals surface area contributed by atoms with E-state index in [1.54, 1.807) is 19.1 Å². The number of nitrogens with zero attached hydrogens (tertiary/aromatic N) is 3. The van der Waals surface area contributed by atoms with Crippen molar-refractivity contribution in [3.8, 4) is 5.69 Å². The fraction of sp³-hybridized carbons (Fsp3) is 0.393. The van der Waals surface area contributed by atoms with Gasteiger partial charge in [-0.2, -0.15) is 5.10 Å². The fourth-order valence-corrected chi connectivity index (χ4v) is 7.18. The SMILES string of the molecule is Cc1cc(=O)c(C(=O)Nc2ccccc2NC23CC4CC(CC(C4)C2)C3)nn1-c1ccccc1[N+](=O)[O-]. The van der Waals surface area contributed by atoms with Crippen molar-refractivity contribution >= 4 is 23.0 Å². The van der Waals surface area contributed by atoms with Crippen LogP contribution in [0.3, 0.4) is 0 Å². The van der Waals surface area contributed by atoms with Crippen molar-refractivity contribution < 1.29 is 9.72 Å². The highest BCUT2D eigenvalue weighted by molar-refractivity contribution is 6.04. The van der Waals surface area contributed by atoms with Gasteiger partial charge in [0, 0.05) is 23.4 Å². The van der Waals surface area contributed by atoms with Crippen LogP contribution in [0.15, 0.2) is 59.4 Å². The number of nitro benzene ring substituents is 1. The second-order valence-electron chi connectivity index (χ2n) is 11.0. The summed E-state index contributed by atoms with van der Waals surface area (Å²) in [4.78, 5) is 37.1. The average Bonchev–Trinajstić information content (AvgIpc) is 2.84. The molecule has 1 heterocycles. The molecular formula is C28H29N5O4. The largest absolute Gasteiger partial charge is 0.378 e. The summed E-state index contributed by atoms with van der Waals surface area (Å²) < 4.78 is 1.27. The summed E-state index contributed by atoms with van der Waals surface area (Å²) in [7, 11) is 0. The Morgan fingerprint density at radius 1 is 1.00 bits per heavy atom. The number of anilines is 2. The van der Waals surface area contributed by atoms with Crippen molar-refractivity contribution in [2.45, 2.75) is 51.0 Å². The van der Waals surface area contributed by atoms with Crippen LogP contribution in [0.2, 0.25) is 0 Å². The molecule has 1 aromatic heterocycles. The van der Waals surface area contributed by atoms with Crippen LogP contribution in [0.5, 0.6) is 0 Å². The minimum atomic E-state index is -0.655. The minimum absolute atomic E-state index is 0.0522. The molecule has 4 fully saturated rings. The molecule has 4 aliphatic rings. The lowest BCUT2D eigenvalue weighted by Crippen LogP contribution is -2.54. The van der Waals surface area contributed by atoms with E-state index < -0.39 is 16.3 Å². The fourth-order valence-electron chi connectivity index (χ4n) is 7.18. The Labute approximate surface area is 214 Å². The first kappa shape index (κ1) is 23.4. The number of benzene rings is 2. The zero-order chi connectivity index (χ0) is 25.7. The van der Waals surface area contributed by atoms with Crippen molar-refractivity contribution in [3.05, 3.63) is 86.3 Å². The predicted octanol–water partition coefficient (Wildman–Crippen LogP) is 5.08. The molecular weight excluding hydrogens is 470 g/mol. The monoisotopic (exact) mass is 499 g/mol. The average molecular weight is 500 g/mol. The smallest absolute Gasteiger partial charge is 0.294 e. The van der Waals surface area contributed by atoms with E-state index >= 15 is 0 Å². The third-order valence-corrected chi connectivity index (χ3v) is 8.24. The van der Waals surface area contributed by atoms with E-state index in [1.165, 1.54) is 42.1 Å². The first-order valence-corrected chi connectivity index (χ1v) is 12.8. The molecule has 9 heteroatoms. The molecule has 37 heavy (non-hydrogen) atoms. The number of amides is 1. The quantitative estimate of drug-likeness (QED) is 0.360. The lowest BCUT2D eigenvalue weighted by atomic mass is 9.53. The maximum absolute atomic E-state index is 13.3. The number of carbonyl (C=O) groups excluding carboxylic acids is 1. The molecule has 0 unspecified atom stereocenters. The summed E-state index contributed by atoms with van der Waals surface area (Å²) in [6.07, 6.45) is 7.48. The molecule has 4 aliphatic carbocycles. The topological polar surface area (TPSA) is 119 Å². The van der Waals surface area contributed by atoms with Gasteiger partial charge in [0.05, 0.1) is 16.3 Å². The van der Waals surface area contributed by atoms with E-state index in [0.29, 0.717) is 11.4 Å². The van der Waals surface area contributed by atoms with Crippen molar-refractivity contribution in [1.29, 1.82) is 0 Å². The molecule has 0 atom stereocenters. The van der Waals surface area contributed by atoms with E-state index in [4.69, 9.17) is 0 Å². The second-order valence-corrected chi connectivity index (χ2v) is 11.0. The molecule has 2 N–H and O–H groups in total. The molecule has 4 saturated carbocycles. The summed E-state index contributed by atoms with van der Waals surface area (Å²) >= 11 is 0. The summed E-state index contributed by atoms with van der Waals surface area (Å²) in [6.45, 7) is 1.62. The van der Waals surface area contributed by atoms with Crippen molar-refractivity contribution in [1.82, 2.24) is 9.78 Å². The van der Waals surface area contributed by atoms with Crippen molar-refractivity contribution in [2.24, 2.45) is 17.8 Å². The summed E-state index contributed by atoms with van der Waals surface area (Å²) in [5, 5.41) is 22.5. The third kappa shape index (κ3) is 4.28. The Balaban J connectivity index is 1.30. The number of rotatable bonds is 6. The highest BCUT2D eigenvalue weighted by Gasteiger charge is 2.51. The molecule has 190 valence electrons. The van der Waals surface area contributed by atoms with Gasteiger partial charge in [0.1, 0.15) is 5.69 Å². The van der Waals surface area contributed by atoms with Gasteiger partial charge >= 0.3 is 0 Å². The molecule has 3 aromatic rings. The van der Waals surface area contributed by atoms with Gasteiger partial charge in [-0.3, -0.25) is 19.7 Å². The van der Waals surface area contributed by atoms with Crippen LogP contribution >= 0.6 is 0 Å². The zero-order valence-electron chi connectivity index (χ0n) is 20.6. The number of para-hydroxylation sites is 4. The third-order valence-electron chi connectivity index (χ3n) is 8.24. The predicted molar refractivity (Wildman–Crippen MR) is 140 cm³/mol. The Bertz CT molecular complexity index is 1430. The molecule has 0 spiro atoms. The van der Waals surface area contributed by atoms with Gasteiger partial charge in [-0.1, -0.05) is 24.3 Å². The number of nitrogens with one attached hydrogen (secondary N) is 2. The Hall–Kier alpha value is -4.01. The Morgan fingerprint density at radius 2 is 1.59 bits per heavy atom. The highest BCUT2D eigenvalue weighted by atomic mass is 16.6.